The predicted molar refractivity (Wildman–Crippen MR) is 63.3 cm³/mol. The summed E-state index contributed by atoms with van der Waals surface area (Å²) >= 11 is 0. The molecule has 1 aromatic rings. The Morgan fingerprint density at radius 1 is 1.44 bits per heavy atom. The van der Waals surface area contributed by atoms with Gasteiger partial charge in [-0.15, -0.1) is 0 Å². The van der Waals surface area contributed by atoms with Gasteiger partial charge in [0.1, 0.15) is 0 Å². The molecular formula is C12H16N2O2. The van der Waals surface area contributed by atoms with E-state index in [1.807, 2.05) is 0 Å². The van der Waals surface area contributed by atoms with Gasteiger partial charge in [0, 0.05) is 23.7 Å². The lowest BCUT2D eigenvalue weighted by Gasteiger charge is -2.07. The average Bonchev–Trinajstić information content (AvgIpc) is 2.16. The van der Waals surface area contributed by atoms with Gasteiger partial charge in [-0.1, -0.05) is 12.1 Å². The molecule has 0 heterocycles. The van der Waals surface area contributed by atoms with Crippen LogP contribution in [0.15, 0.2) is 24.3 Å². The normalized spacial score (nSPS) is 11.9. The van der Waals surface area contributed by atoms with E-state index < -0.39 is 0 Å². The van der Waals surface area contributed by atoms with Crippen LogP contribution in [0.3, 0.4) is 0 Å². The first-order valence-electron chi connectivity index (χ1n) is 5.15. The summed E-state index contributed by atoms with van der Waals surface area (Å²) in [5.41, 5.74) is 6.72. The Morgan fingerprint density at radius 2 is 2.12 bits per heavy atom. The first kappa shape index (κ1) is 12.4. The van der Waals surface area contributed by atoms with Crippen LogP contribution in [0.5, 0.6) is 0 Å². The van der Waals surface area contributed by atoms with Crippen LogP contribution in [-0.2, 0) is 4.79 Å². The van der Waals surface area contributed by atoms with E-state index in [0.717, 1.165) is 0 Å². The van der Waals surface area contributed by atoms with Gasteiger partial charge in [0.2, 0.25) is 5.91 Å². The van der Waals surface area contributed by atoms with Crippen molar-refractivity contribution in [1.82, 2.24) is 0 Å². The van der Waals surface area contributed by atoms with Crippen molar-refractivity contribution in [3.63, 3.8) is 0 Å². The number of rotatable bonds is 4. The Kier molecular flexibility index (Phi) is 4.19. The Morgan fingerprint density at radius 3 is 2.69 bits per heavy atom. The van der Waals surface area contributed by atoms with Crippen LogP contribution in [0.2, 0.25) is 0 Å². The van der Waals surface area contributed by atoms with Gasteiger partial charge in [-0.05, 0) is 26.0 Å². The number of nitrogens with one attached hydrogen (secondary N) is 1. The molecule has 0 radical (unpaired) electrons. The second kappa shape index (κ2) is 5.42. The van der Waals surface area contributed by atoms with Crippen LogP contribution in [0, 0.1) is 0 Å². The molecule has 16 heavy (non-hydrogen) atoms. The van der Waals surface area contributed by atoms with Crippen LogP contribution in [0.1, 0.15) is 30.6 Å². The summed E-state index contributed by atoms with van der Waals surface area (Å²) in [5, 5.41) is 2.70. The number of Topliss-reactive ketones (excluding diaryl/α,β-unsaturated/α-hetero) is 1. The molecule has 0 saturated heterocycles. The SMILES string of the molecule is CC(=O)c1cccc(NC(=O)CC(C)N)c1. The van der Waals surface area contributed by atoms with Gasteiger partial charge in [0.05, 0.1) is 0 Å². The molecule has 4 heteroatoms. The predicted octanol–water partition coefficient (Wildman–Crippen LogP) is 1.56. The summed E-state index contributed by atoms with van der Waals surface area (Å²) in [6.07, 6.45) is 0.268. The molecule has 3 N–H and O–H groups in total. The molecular weight excluding hydrogens is 204 g/mol. The number of carbonyl (C=O) groups excluding carboxylic acids is 2. The third kappa shape index (κ3) is 3.82. The average molecular weight is 220 g/mol. The van der Waals surface area contributed by atoms with Gasteiger partial charge in [-0.2, -0.15) is 0 Å². The number of ketones is 1. The summed E-state index contributed by atoms with van der Waals surface area (Å²) in [5.74, 6) is -0.168. The topological polar surface area (TPSA) is 72.2 Å². The van der Waals surface area contributed by atoms with E-state index in [-0.39, 0.29) is 24.2 Å². The summed E-state index contributed by atoms with van der Waals surface area (Å²) in [4.78, 5) is 22.6. The molecule has 1 amide bonds. The van der Waals surface area contributed by atoms with Crippen LogP contribution in [-0.4, -0.2) is 17.7 Å². The second-order valence-electron chi connectivity index (χ2n) is 3.87. The molecule has 0 aliphatic heterocycles. The molecule has 1 aromatic carbocycles. The summed E-state index contributed by atoms with van der Waals surface area (Å²) in [6.45, 7) is 3.26. The highest BCUT2D eigenvalue weighted by atomic mass is 16.1. The number of nitrogens with two attached hydrogens (primary N) is 1. The molecule has 0 aliphatic carbocycles. The quantitative estimate of drug-likeness (QED) is 0.756. The maximum absolute atomic E-state index is 11.4. The van der Waals surface area contributed by atoms with Crippen molar-refractivity contribution in [2.45, 2.75) is 26.3 Å². The van der Waals surface area contributed by atoms with Crippen LogP contribution < -0.4 is 11.1 Å². The van der Waals surface area contributed by atoms with E-state index in [2.05, 4.69) is 5.32 Å². The maximum Gasteiger partial charge on any atom is 0.225 e. The fourth-order valence-electron chi connectivity index (χ4n) is 1.32. The third-order valence-corrected chi connectivity index (χ3v) is 2.06. The molecule has 0 aliphatic rings. The monoisotopic (exact) mass is 220 g/mol. The lowest BCUT2D eigenvalue weighted by atomic mass is 10.1. The highest BCUT2D eigenvalue weighted by Gasteiger charge is 2.06. The molecule has 1 rings (SSSR count). The summed E-state index contributed by atoms with van der Waals surface area (Å²) in [7, 11) is 0. The van der Waals surface area contributed by atoms with E-state index in [4.69, 9.17) is 5.73 Å². The molecule has 0 fully saturated rings. The van der Waals surface area contributed by atoms with Gasteiger partial charge < -0.3 is 11.1 Å². The molecule has 86 valence electrons. The second-order valence-corrected chi connectivity index (χ2v) is 3.87. The zero-order valence-corrected chi connectivity index (χ0v) is 9.49. The Hall–Kier alpha value is -1.68. The van der Waals surface area contributed by atoms with E-state index >= 15 is 0 Å². The minimum atomic E-state index is -0.170. The van der Waals surface area contributed by atoms with Crippen molar-refractivity contribution in [1.29, 1.82) is 0 Å². The van der Waals surface area contributed by atoms with Gasteiger partial charge in [-0.3, -0.25) is 9.59 Å². The van der Waals surface area contributed by atoms with Crippen molar-refractivity contribution in [2.75, 3.05) is 5.32 Å². The van der Waals surface area contributed by atoms with E-state index in [1.54, 1.807) is 31.2 Å². The highest BCUT2D eigenvalue weighted by molar-refractivity contribution is 5.97. The lowest BCUT2D eigenvalue weighted by molar-refractivity contribution is -0.116. The number of hydrogen-bond acceptors (Lipinski definition) is 3. The number of carbonyl (C=O) groups is 2. The van der Waals surface area contributed by atoms with Gasteiger partial charge >= 0.3 is 0 Å². The molecule has 4 nitrogen and oxygen atoms in total. The molecule has 0 spiro atoms. The van der Waals surface area contributed by atoms with Crippen molar-refractivity contribution in [2.24, 2.45) is 5.73 Å². The molecule has 0 saturated carbocycles. The zero-order chi connectivity index (χ0) is 12.1. The van der Waals surface area contributed by atoms with Crippen molar-refractivity contribution < 1.29 is 9.59 Å². The van der Waals surface area contributed by atoms with Gasteiger partial charge in [0.25, 0.3) is 0 Å². The minimum absolute atomic E-state index is 0.0247. The largest absolute Gasteiger partial charge is 0.327 e. The highest BCUT2D eigenvalue weighted by Crippen LogP contribution is 2.11. The summed E-state index contributed by atoms with van der Waals surface area (Å²) in [6, 6.07) is 6.67. The number of benzene rings is 1. The van der Waals surface area contributed by atoms with E-state index in [0.29, 0.717) is 11.3 Å². The van der Waals surface area contributed by atoms with E-state index in [1.165, 1.54) is 6.92 Å². The Labute approximate surface area is 94.8 Å². The third-order valence-electron chi connectivity index (χ3n) is 2.06. The lowest BCUT2D eigenvalue weighted by Crippen LogP contribution is -2.24. The number of hydrogen-bond donors (Lipinski definition) is 2. The Balaban J connectivity index is 2.70. The zero-order valence-electron chi connectivity index (χ0n) is 9.49. The van der Waals surface area contributed by atoms with E-state index in [9.17, 15) is 9.59 Å². The fraction of sp³-hybridized carbons (Fsp3) is 0.333. The summed E-state index contributed by atoms with van der Waals surface area (Å²) < 4.78 is 0. The number of anilines is 1. The van der Waals surface area contributed by atoms with Crippen LogP contribution >= 0.6 is 0 Å². The van der Waals surface area contributed by atoms with Crippen molar-refractivity contribution in [3.8, 4) is 0 Å². The number of amides is 1. The first-order valence-corrected chi connectivity index (χ1v) is 5.15. The standard InChI is InChI=1S/C12H16N2O2/c1-8(13)6-12(16)14-11-5-3-4-10(7-11)9(2)15/h3-5,7-8H,6,13H2,1-2H3,(H,14,16). The Bertz CT molecular complexity index is 400. The molecule has 0 bridgehead atoms. The maximum atomic E-state index is 11.4. The van der Waals surface area contributed by atoms with Gasteiger partial charge in [-0.25, -0.2) is 0 Å². The smallest absolute Gasteiger partial charge is 0.225 e. The molecule has 0 aromatic heterocycles. The van der Waals surface area contributed by atoms with Crippen LogP contribution in [0.4, 0.5) is 5.69 Å². The minimum Gasteiger partial charge on any atom is -0.327 e. The molecule has 1 unspecified atom stereocenters. The van der Waals surface area contributed by atoms with Crippen molar-refractivity contribution >= 4 is 17.4 Å². The first-order chi connectivity index (χ1) is 7.49. The van der Waals surface area contributed by atoms with Crippen molar-refractivity contribution in [3.05, 3.63) is 29.8 Å². The molecule has 1 atom stereocenters. The fourth-order valence-corrected chi connectivity index (χ4v) is 1.32. The van der Waals surface area contributed by atoms with Crippen LogP contribution in [0.25, 0.3) is 0 Å². The van der Waals surface area contributed by atoms with Gasteiger partial charge in [0.15, 0.2) is 5.78 Å².